The number of rotatable bonds is 3. The van der Waals surface area contributed by atoms with Crippen molar-refractivity contribution in [1.82, 2.24) is 5.32 Å². The second-order valence-electron chi connectivity index (χ2n) is 6.75. The first-order chi connectivity index (χ1) is 7.45. The van der Waals surface area contributed by atoms with E-state index >= 15 is 0 Å². The third kappa shape index (κ3) is 2.78. The SMILES string of the molecule is CCC1CC2(CCO1)CC2CNC(C)(C)C. The Hall–Kier alpha value is -0.0800. The van der Waals surface area contributed by atoms with E-state index < -0.39 is 0 Å². The van der Waals surface area contributed by atoms with Gasteiger partial charge in [0.05, 0.1) is 6.10 Å². The number of hydrogen-bond acceptors (Lipinski definition) is 2. The van der Waals surface area contributed by atoms with Crippen molar-refractivity contribution in [3.05, 3.63) is 0 Å². The molecule has 1 saturated carbocycles. The van der Waals surface area contributed by atoms with Gasteiger partial charge in [-0.2, -0.15) is 0 Å². The van der Waals surface area contributed by atoms with E-state index in [1.54, 1.807) is 0 Å². The number of nitrogens with one attached hydrogen (secondary N) is 1. The minimum absolute atomic E-state index is 0.263. The third-order valence-electron chi connectivity index (χ3n) is 4.28. The maximum atomic E-state index is 5.78. The van der Waals surface area contributed by atoms with Crippen LogP contribution in [-0.2, 0) is 4.74 Å². The maximum absolute atomic E-state index is 5.78. The van der Waals surface area contributed by atoms with Gasteiger partial charge in [0.15, 0.2) is 0 Å². The largest absolute Gasteiger partial charge is 0.378 e. The van der Waals surface area contributed by atoms with E-state index in [0.717, 1.165) is 12.5 Å². The van der Waals surface area contributed by atoms with E-state index in [0.29, 0.717) is 11.5 Å². The summed E-state index contributed by atoms with van der Waals surface area (Å²) in [5.41, 5.74) is 0.913. The first-order valence-electron chi connectivity index (χ1n) is 6.82. The van der Waals surface area contributed by atoms with Crippen LogP contribution in [0.4, 0.5) is 0 Å². The van der Waals surface area contributed by atoms with E-state index in [1.165, 1.54) is 32.2 Å². The molecule has 0 amide bonds. The van der Waals surface area contributed by atoms with Crippen molar-refractivity contribution < 1.29 is 4.74 Å². The van der Waals surface area contributed by atoms with Crippen molar-refractivity contribution in [3.63, 3.8) is 0 Å². The maximum Gasteiger partial charge on any atom is 0.0578 e. The summed E-state index contributed by atoms with van der Waals surface area (Å²) in [6.45, 7) is 11.2. The zero-order valence-corrected chi connectivity index (χ0v) is 11.3. The third-order valence-corrected chi connectivity index (χ3v) is 4.28. The molecule has 3 atom stereocenters. The molecule has 1 N–H and O–H groups in total. The minimum Gasteiger partial charge on any atom is -0.378 e. The zero-order valence-electron chi connectivity index (χ0n) is 11.3. The van der Waals surface area contributed by atoms with Gasteiger partial charge < -0.3 is 10.1 Å². The van der Waals surface area contributed by atoms with E-state index in [9.17, 15) is 0 Å². The zero-order chi connectivity index (χ0) is 11.8. The van der Waals surface area contributed by atoms with Crippen LogP contribution in [-0.4, -0.2) is 24.8 Å². The van der Waals surface area contributed by atoms with Gasteiger partial charge in [-0.25, -0.2) is 0 Å². The van der Waals surface area contributed by atoms with Gasteiger partial charge in [0, 0.05) is 12.1 Å². The standard InChI is InChI=1S/C14H27NO/c1-5-12-9-14(6-7-16-12)8-11(14)10-15-13(2,3)4/h11-12,15H,5-10H2,1-4H3. The normalized spacial score (nSPS) is 39.0. The van der Waals surface area contributed by atoms with Gasteiger partial charge >= 0.3 is 0 Å². The summed E-state index contributed by atoms with van der Waals surface area (Å²) in [5, 5.41) is 3.65. The van der Waals surface area contributed by atoms with Gasteiger partial charge in [0.2, 0.25) is 0 Å². The highest BCUT2D eigenvalue weighted by Gasteiger charge is 2.55. The van der Waals surface area contributed by atoms with Crippen LogP contribution in [0.2, 0.25) is 0 Å². The molecule has 1 aliphatic carbocycles. The van der Waals surface area contributed by atoms with Crippen LogP contribution < -0.4 is 5.32 Å². The molecule has 1 heterocycles. The van der Waals surface area contributed by atoms with Crippen LogP contribution in [0.5, 0.6) is 0 Å². The van der Waals surface area contributed by atoms with Crippen molar-refractivity contribution >= 4 is 0 Å². The molecule has 94 valence electrons. The Bertz CT molecular complexity index is 246. The fraction of sp³-hybridized carbons (Fsp3) is 1.00. The summed E-state index contributed by atoms with van der Waals surface area (Å²) in [7, 11) is 0. The monoisotopic (exact) mass is 225 g/mol. The lowest BCUT2D eigenvalue weighted by Crippen LogP contribution is -2.38. The molecule has 0 bridgehead atoms. The average molecular weight is 225 g/mol. The summed E-state index contributed by atoms with van der Waals surface area (Å²) in [5.74, 6) is 0.907. The lowest BCUT2D eigenvalue weighted by molar-refractivity contribution is -0.0220. The molecule has 16 heavy (non-hydrogen) atoms. The van der Waals surface area contributed by atoms with Crippen molar-refractivity contribution in [2.75, 3.05) is 13.2 Å². The highest BCUT2D eigenvalue weighted by Crippen LogP contribution is 2.60. The molecule has 1 aliphatic heterocycles. The van der Waals surface area contributed by atoms with Crippen LogP contribution in [0, 0.1) is 11.3 Å². The summed E-state index contributed by atoms with van der Waals surface area (Å²) in [4.78, 5) is 0. The summed E-state index contributed by atoms with van der Waals surface area (Å²) < 4.78 is 5.78. The second kappa shape index (κ2) is 4.30. The smallest absolute Gasteiger partial charge is 0.0578 e. The van der Waals surface area contributed by atoms with Gasteiger partial charge in [-0.05, 0) is 64.3 Å². The summed E-state index contributed by atoms with van der Waals surface area (Å²) >= 11 is 0. The quantitative estimate of drug-likeness (QED) is 0.797. The second-order valence-corrected chi connectivity index (χ2v) is 6.75. The molecule has 0 aromatic heterocycles. The molecule has 3 unspecified atom stereocenters. The highest BCUT2D eigenvalue weighted by atomic mass is 16.5. The van der Waals surface area contributed by atoms with Crippen LogP contribution in [0.3, 0.4) is 0 Å². The Morgan fingerprint density at radius 2 is 2.06 bits per heavy atom. The molecule has 0 aromatic rings. The Labute approximate surface area is 100 Å². The average Bonchev–Trinajstić information content (AvgIpc) is 2.87. The molecule has 2 fully saturated rings. The Morgan fingerprint density at radius 1 is 1.31 bits per heavy atom. The van der Waals surface area contributed by atoms with E-state index in [2.05, 4.69) is 33.0 Å². The lowest BCUT2D eigenvalue weighted by atomic mass is 9.88. The molecule has 1 spiro atoms. The van der Waals surface area contributed by atoms with Crippen molar-refractivity contribution in [3.8, 4) is 0 Å². The molecular weight excluding hydrogens is 198 g/mol. The Morgan fingerprint density at radius 3 is 2.69 bits per heavy atom. The van der Waals surface area contributed by atoms with E-state index in [4.69, 9.17) is 4.74 Å². The number of ether oxygens (including phenoxy) is 1. The van der Waals surface area contributed by atoms with E-state index in [-0.39, 0.29) is 5.54 Å². The first-order valence-corrected chi connectivity index (χ1v) is 6.82. The van der Waals surface area contributed by atoms with E-state index in [1.807, 2.05) is 0 Å². The van der Waals surface area contributed by atoms with Gasteiger partial charge in [0.25, 0.3) is 0 Å². The van der Waals surface area contributed by atoms with Gasteiger partial charge in [0.1, 0.15) is 0 Å². The fourth-order valence-electron chi connectivity index (χ4n) is 3.01. The van der Waals surface area contributed by atoms with Crippen molar-refractivity contribution in [2.45, 2.75) is 65.0 Å². The molecular formula is C14H27NO. The molecule has 2 aliphatic rings. The predicted octanol–water partition coefficient (Wildman–Crippen LogP) is 2.97. The van der Waals surface area contributed by atoms with Gasteiger partial charge in [-0.3, -0.25) is 0 Å². The van der Waals surface area contributed by atoms with Crippen molar-refractivity contribution in [2.24, 2.45) is 11.3 Å². The van der Waals surface area contributed by atoms with Crippen molar-refractivity contribution in [1.29, 1.82) is 0 Å². The minimum atomic E-state index is 0.263. The highest BCUT2D eigenvalue weighted by molar-refractivity contribution is 5.05. The van der Waals surface area contributed by atoms with Crippen LogP contribution in [0.25, 0.3) is 0 Å². The Balaban J connectivity index is 1.80. The predicted molar refractivity (Wildman–Crippen MR) is 67.6 cm³/mol. The molecule has 2 rings (SSSR count). The molecule has 0 radical (unpaired) electrons. The van der Waals surface area contributed by atoms with Crippen LogP contribution in [0.15, 0.2) is 0 Å². The Kier molecular flexibility index (Phi) is 3.33. The fourth-order valence-corrected chi connectivity index (χ4v) is 3.01. The van der Waals surface area contributed by atoms with Gasteiger partial charge in [-0.15, -0.1) is 0 Å². The molecule has 0 aromatic carbocycles. The number of hydrogen-bond donors (Lipinski definition) is 1. The lowest BCUT2D eigenvalue weighted by Gasteiger charge is -2.30. The van der Waals surface area contributed by atoms with Crippen LogP contribution in [0.1, 0.15) is 53.4 Å². The topological polar surface area (TPSA) is 21.3 Å². The van der Waals surface area contributed by atoms with Gasteiger partial charge in [-0.1, -0.05) is 6.92 Å². The first kappa shape index (κ1) is 12.4. The summed E-state index contributed by atoms with van der Waals surface area (Å²) in [6.07, 6.45) is 5.74. The molecule has 2 heteroatoms. The molecule has 2 nitrogen and oxygen atoms in total. The van der Waals surface area contributed by atoms with Crippen LogP contribution >= 0.6 is 0 Å². The summed E-state index contributed by atoms with van der Waals surface area (Å²) in [6, 6.07) is 0. The molecule has 1 saturated heterocycles.